The lowest BCUT2D eigenvalue weighted by Crippen LogP contribution is -2.53. The molecule has 1 fully saturated rings. The van der Waals surface area contributed by atoms with Crippen molar-refractivity contribution in [2.45, 2.75) is 30.5 Å². The maximum Gasteiger partial charge on any atom is 0.459 e. The van der Waals surface area contributed by atoms with Crippen molar-refractivity contribution in [3.05, 3.63) is 0 Å². The molecule has 2 N–H and O–H groups in total. The normalized spacial score (nSPS) is 29.1. The summed E-state index contributed by atoms with van der Waals surface area (Å²) in [6.45, 7) is 0. The summed E-state index contributed by atoms with van der Waals surface area (Å²) >= 11 is 0. The molecule has 0 spiro atoms. The lowest BCUT2D eigenvalue weighted by molar-refractivity contribution is -0.359. The minimum Gasteiger partial charge on any atom is -0.327 e. The molecule has 0 aliphatic heterocycles. The smallest absolute Gasteiger partial charge is 0.327 e. The van der Waals surface area contributed by atoms with E-state index in [1.165, 1.54) is 0 Å². The Bertz CT molecular complexity index is 233. The summed E-state index contributed by atoms with van der Waals surface area (Å²) in [5, 5.41) is 0. The van der Waals surface area contributed by atoms with E-state index in [0.29, 0.717) is 0 Å². The van der Waals surface area contributed by atoms with Crippen molar-refractivity contribution in [1.29, 1.82) is 0 Å². The minimum absolute atomic E-state index is 0.515. The van der Waals surface area contributed by atoms with E-state index in [0.717, 1.165) is 0 Å². The molecule has 0 bridgehead atoms. The zero-order valence-corrected chi connectivity index (χ0v) is 6.58. The number of alkyl halides is 7. The molecule has 2 atom stereocenters. The maximum absolute atomic E-state index is 12.6. The van der Waals surface area contributed by atoms with E-state index in [1.54, 1.807) is 0 Å². The number of hydrogen-bond acceptors (Lipinski definition) is 1. The zero-order chi connectivity index (χ0) is 11.4. The van der Waals surface area contributed by atoms with Crippen LogP contribution in [0.5, 0.6) is 0 Å². The molecule has 0 amide bonds. The summed E-state index contributed by atoms with van der Waals surface area (Å²) in [6.07, 6.45) is -6.77. The van der Waals surface area contributed by atoms with Gasteiger partial charge in [-0.15, -0.1) is 0 Å². The van der Waals surface area contributed by atoms with Gasteiger partial charge in [-0.2, -0.15) is 30.7 Å². The fourth-order valence-corrected chi connectivity index (χ4v) is 1.05. The summed E-state index contributed by atoms with van der Waals surface area (Å²) in [7, 11) is 0. The Kier molecular flexibility index (Phi) is 2.26. The van der Waals surface area contributed by atoms with Crippen molar-refractivity contribution in [3.8, 4) is 0 Å². The molecule has 1 saturated carbocycles. The Labute approximate surface area is 74.1 Å². The second kappa shape index (κ2) is 2.74. The van der Waals surface area contributed by atoms with Crippen molar-refractivity contribution in [1.82, 2.24) is 0 Å². The minimum atomic E-state index is -6.25. The Balaban J connectivity index is 2.91. The molecule has 0 heterocycles. The van der Waals surface area contributed by atoms with Crippen LogP contribution >= 0.6 is 0 Å². The van der Waals surface area contributed by atoms with E-state index in [1.807, 2.05) is 0 Å². The van der Waals surface area contributed by atoms with Gasteiger partial charge in [0.05, 0.1) is 0 Å². The first-order valence-electron chi connectivity index (χ1n) is 3.59. The van der Waals surface area contributed by atoms with Gasteiger partial charge in [-0.3, -0.25) is 0 Å². The molecule has 14 heavy (non-hydrogen) atoms. The van der Waals surface area contributed by atoms with Crippen LogP contribution in [0, 0.1) is 5.92 Å². The molecular weight excluding hydrogens is 219 g/mol. The van der Waals surface area contributed by atoms with Gasteiger partial charge in [0.2, 0.25) is 0 Å². The lowest BCUT2D eigenvalue weighted by atomic mass is 10.1. The van der Waals surface area contributed by atoms with Crippen molar-refractivity contribution in [2.24, 2.45) is 11.7 Å². The fourth-order valence-electron chi connectivity index (χ4n) is 1.05. The molecular formula is C6H6F7N. The Morgan fingerprint density at radius 2 is 1.29 bits per heavy atom. The topological polar surface area (TPSA) is 26.0 Å². The zero-order valence-electron chi connectivity index (χ0n) is 6.58. The molecule has 1 aliphatic rings. The predicted molar refractivity (Wildman–Crippen MR) is 32.0 cm³/mol. The number of rotatable bonds is 2. The molecule has 1 nitrogen and oxygen atoms in total. The highest BCUT2D eigenvalue weighted by Gasteiger charge is 2.78. The third kappa shape index (κ3) is 1.45. The Hall–Kier alpha value is -0.530. The SMILES string of the molecule is NC1CC1C(F)(F)C(F)(F)C(F)(F)F. The summed E-state index contributed by atoms with van der Waals surface area (Å²) in [6, 6.07) is -1.28. The quantitative estimate of drug-likeness (QED) is 0.716. The molecule has 0 aromatic rings. The molecule has 0 aromatic carbocycles. The van der Waals surface area contributed by atoms with E-state index < -0.39 is 36.4 Å². The van der Waals surface area contributed by atoms with Gasteiger partial charge in [0.15, 0.2) is 0 Å². The average Bonchev–Trinajstić information content (AvgIpc) is 2.64. The molecule has 0 saturated heterocycles. The van der Waals surface area contributed by atoms with Gasteiger partial charge < -0.3 is 5.73 Å². The van der Waals surface area contributed by atoms with Crippen LogP contribution in [0.15, 0.2) is 0 Å². The molecule has 0 aromatic heterocycles. The third-order valence-corrected chi connectivity index (χ3v) is 2.08. The van der Waals surface area contributed by atoms with Crippen LogP contribution in [0.1, 0.15) is 6.42 Å². The van der Waals surface area contributed by atoms with Gasteiger partial charge in [-0.25, -0.2) is 0 Å². The molecule has 8 heteroatoms. The first-order valence-corrected chi connectivity index (χ1v) is 3.59. The maximum atomic E-state index is 12.6. The summed E-state index contributed by atoms with van der Waals surface area (Å²) in [4.78, 5) is 0. The van der Waals surface area contributed by atoms with E-state index in [-0.39, 0.29) is 0 Å². The van der Waals surface area contributed by atoms with E-state index in [4.69, 9.17) is 5.73 Å². The summed E-state index contributed by atoms with van der Waals surface area (Å²) in [5.74, 6) is -13.2. The third-order valence-electron chi connectivity index (χ3n) is 2.08. The van der Waals surface area contributed by atoms with Gasteiger partial charge in [0.25, 0.3) is 0 Å². The first kappa shape index (κ1) is 11.5. The van der Waals surface area contributed by atoms with Crippen LogP contribution in [0.2, 0.25) is 0 Å². The van der Waals surface area contributed by atoms with Gasteiger partial charge in [-0.1, -0.05) is 0 Å². The average molecular weight is 225 g/mol. The highest BCUT2D eigenvalue weighted by atomic mass is 19.4. The van der Waals surface area contributed by atoms with Crippen LogP contribution in [0.25, 0.3) is 0 Å². The fraction of sp³-hybridized carbons (Fsp3) is 1.00. The molecule has 2 unspecified atom stereocenters. The summed E-state index contributed by atoms with van der Waals surface area (Å²) < 4.78 is 84.4. The van der Waals surface area contributed by atoms with Gasteiger partial charge in [0.1, 0.15) is 0 Å². The van der Waals surface area contributed by atoms with Crippen molar-refractivity contribution in [3.63, 3.8) is 0 Å². The van der Waals surface area contributed by atoms with Crippen LogP contribution in [-0.4, -0.2) is 24.1 Å². The van der Waals surface area contributed by atoms with E-state index in [9.17, 15) is 30.7 Å². The van der Waals surface area contributed by atoms with Crippen molar-refractivity contribution >= 4 is 0 Å². The van der Waals surface area contributed by atoms with E-state index in [2.05, 4.69) is 0 Å². The standard InChI is InChI=1S/C6H6F7N/c7-4(8,2-1-3(2)14)5(9,10)6(11,12)13/h2-3H,1,14H2. The van der Waals surface area contributed by atoms with Crippen LogP contribution in [0.3, 0.4) is 0 Å². The van der Waals surface area contributed by atoms with Gasteiger partial charge in [-0.05, 0) is 6.42 Å². The Morgan fingerprint density at radius 1 is 0.929 bits per heavy atom. The predicted octanol–water partition coefficient (Wildman–Crippen LogP) is 2.17. The van der Waals surface area contributed by atoms with Crippen LogP contribution < -0.4 is 5.73 Å². The highest BCUT2D eigenvalue weighted by molar-refractivity contribution is 5.07. The summed E-state index contributed by atoms with van der Waals surface area (Å²) in [5.41, 5.74) is 4.81. The lowest BCUT2D eigenvalue weighted by Gasteiger charge is -2.28. The monoisotopic (exact) mass is 225 g/mol. The second-order valence-electron chi connectivity index (χ2n) is 3.20. The van der Waals surface area contributed by atoms with Gasteiger partial charge in [0, 0.05) is 12.0 Å². The van der Waals surface area contributed by atoms with E-state index >= 15 is 0 Å². The highest BCUT2D eigenvalue weighted by Crippen LogP contribution is 2.55. The second-order valence-corrected chi connectivity index (χ2v) is 3.20. The molecule has 1 rings (SSSR count). The van der Waals surface area contributed by atoms with Crippen molar-refractivity contribution < 1.29 is 30.7 Å². The number of hydrogen-bond donors (Lipinski definition) is 1. The molecule has 0 radical (unpaired) electrons. The molecule has 84 valence electrons. The largest absolute Gasteiger partial charge is 0.459 e. The Morgan fingerprint density at radius 3 is 1.50 bits per heavy atom. The first-order chi connectivity index (χ1) is 6.02. The number of halogens is 7. The number of nitrogens with two attached hydrogens (primary N) is 1. The van der Waals surface area contributed by atoms with Crippen LogP contribution in [0.4, 0.5) is 30.7 Å². The van der Waals surface area contributed by atoms with Crippen molar-refractivity contribution in [2.75, 3.05) is 0 Å². The molecule has 1 aliphatic carbocycles. The van der Waals surface area contributed by atoms with Gasteiger partial charge >= 0.3 is 18.0 Å². The van der Waals surface area contributed by atoms with Crippen LogP contribution in [-0.2, 0) is 0 Å².